The summed E-state index contributed by atoms with van der Waals surface area (Å²) in [6.07, 6.45) is 4.34. The van der Waals surface area contributed by atoms with Crippen LogP contribution in [0.25, 0.3) is 0 Å². The molecule has 1 aliphatic rings. The lowest BCUT2D eigenvalue weighted by Gasteiger charge is -2.03. The highest BCUT2D eigenvalue weighted by Gasteiger charge is 2.20. The van der Waals surface area contributed by atoms with Gasteiger partial charge in [-0.2, -0.15) is 4.98 Å². The molecular formula is C13H12BrClN2O2. The lowest BCUT2D eigenvalue weighted by atomic mass is 10.3. The number of aromatic nitrogens is 1. The molecule has 3 rings (SSSR count). The van der Waals surface area contributed by atoms with Gasteiger partial charge in [-0.3, -0.25) is 0 Å². The van der Waals surface area contributed by atoms with E-state index in [1.165, 1.54) is 12.8 Å². The lowest BCUT2D eigenvalue weighted by Crippen LogP contribution is -2.15. The Morgan fingerprint density at radius 1 is 1.47 bits per heavy atom. The Morgan fingerprint density at radius 2 is 2.32 bits per heavy atom. The first-order chi connectivity index (χ1) is 9.20. The molecule has 0 aliphatic heterocycles. The molecule has 100 valence electrons. The summed E-state index contributed by atoms with van der Waals surface area (Å²) in [7, 11) is 0. The van der Waals surface area contributed by atoms with Crippen molar-refractivity contribution in [1.29, 1.82) is 0 Å². The van der Waals surface area contributed by atoms with E-state index in [1.807, 2.05) is 0 Å². The average Bonchev–Trinajstić information content (AvgIpc) is 3.10. The van der Waals surface area contributed by atoms with E-state index in [9.17, 15) is 0 Å². The van der Waals surface area contributed by atoms with E-state index in [0.29, 0.717) is 23.4 Å². The number of benzene rings is 1. The van der Waals surface area contributed by atoms with E-state index < -0.39 is 0 Å². The maximum absolute atomic E-state index is 5.87. The van der Waals surface area contributed by atoms with Crippen LogP contribution >= 0.6 is 27.5 Å². The topological polar surface area (TPSA) is 47.3 Å². The van der Waals surface area contributed by atoms with E-state index in [-0.39, 0.29) is 6.08 Å². The Labute approximate surface area is 124 Å². The number of rotatable bonds is 5. The quantitative estimate of drug-likeness (QED) is 0.886. The zero-order valence-electron chi connectivity index (χ0n) is 10.0. The molecule has 1 aliphatic carbocycles. The van der Waals surface area contributed by atoms with E-state index in [2.05, 4.69) is 26.2 Å². The molecular weight excluding hydrogens is 332 g/mol. The largest absolute Gasteiger partial charge is 0.417 e. The number of hydrogen-bond donors (Lipinski definition) is 1. The molecule has 19 heavy (non-hydrogen) atoms. The molecule has 1 saturated carbocycles. The Morgan fingerprint density at radius 3 is 3.05 bits per heavy atom. The molecule has 0 atom stereocenters. The third kappa shape index (κ3) is 3.49. The van der Waals surface area contributed by atoms with Crippen LogP contribution in [0, 0.1) is 0 Å². The van der Waals surface area contributed by atoms with Crippen molar-refractivity contribution in [2.45, 2.75) is 25.4 Å². The van der Waals surface area contributed by atoms with Gasteiger partial charge >= 0.3 is 6.08 Å². The van der Waals surface area contributed by atoms with Gasteiger partial charge in [-0.1, -0.05) is 11.6 Å². The SMILES string of the molecule is Clc1ccc(Oc2nc(CNC3CC3)co2)c(Br)c1. The fourth-order valence-corrected chi connectivity index (χ4v) is 2.37. The number of nitrogens with one attached hydrogen (secondary N) is 1. The smallest absolute Gasteiger partial charge is 0.399 e. The zero-order valence-corrected chi connectivity index (χ0v) is 12.4. The second-order valence-electron chi connectivity index (χ2n) is 4.44. The Bertz CT molecular complexity index is 584. The van der Waals surface area contributed by atoms with Crippen molar-refractivity contribution in [3.63, 3.8) is 0 Å². The van der Waals surface area contributed by atoms with Crippen LogP contribution in [0.1, 0.15) is 18.5 Å². The van der Waals surface area contributed by atoms with Crippen molar-refractivity contribution in [3.05, 3.63) is 39.7 Å². The van der Waals surface area contributed by atoms with Crippen LogP contribution in [-0.2, 0) is 6.54 Å². The van der Waals surface area contributed by atoms with Gasteiger partial charge in [-0.25, -0.2) is 0 Å². The van der Waals surface area contributed by atoms with Crippen LogP contribution < -0.4 is 10.1 Å². The highest BCUT2D eigenvalue weighted by atomic mass is 79.9. The summed E-state index contributed by atoms with van der Waals surface area (Å²) < 4.78 is 11.6. The minimum absolute atomic E-state index is 0.232. The summed E-state index contributed by atoms with van der Waals surface area (Å²) in [4.78, 5) is 4.26. The van der Waals surface area contributed by atoms with Gasteiger partial charge in [-0.05, 0) is 47.0 Å². The van der Waals surface area contributed by atoms with Gasteiger partial charge in [0.15, 0.2) is 0 Å². The molecule has 2 aromatic rings. The van der Waals surface area contributed by atoms with E-state index >= 15 is 0 Å². The van der Waals surface area contributed by atoms with Gasteiger partial charge in [-0.15, -0.1) is 0 Å². The van der Waals surface area contributed by atoms with Crippen molar-refractivity contribution >= 4 is 27.5 Å². The predicted molar refractivity (Wildman–Crippen MR) is 75.6 cm³/mol. The van der Waals surface area contributed by atoms with Crippen molar-refractivity contribution in [2.75, 3.05) is 0 Å². The molecule has 0 saturated heterocycles. The van der Waals surface area contributed by atoms with E-state index in [1.54, 1.807) is 24.5 Å². The van der Waals surface area contributed by atoms with E-state index in [4.69, 9.17) is 20.8 Å². The molecule has 6 heteroatoms. The van der Waals surface area contributed by atoms with Gasteiger partial charge in [0.05, 0.1) is 10.2 Å². The van der Waals surface area contributed by atoms with Gasteiger partial charge in [0, 0.05) is 17.6 Å². The van der Waals surface area contributed by atoms with Gasteiger partial charge in [0.1, 0.15) is 12.0 Å². The highest BCUT2D eigenvalue weighted by molar-refractivity contribution is 9.10. The molecule has 1 heterocycles. The van der Waals surface area contributed by atoms with Crippen LogP contribution in [0.5, 0.6) is 11.8 Å². The molecule has 0 bridgehead atoms. The standard InChI is InChI=1S/C13H12BrClN2O2/c14-11-5-8(15)1-4-12(11)19-13-17-10(7-18-13)6-16-9-2-3-9/h1,4-5,7,9,16H,2-3,6H2. The van der Waals surface area contributed by atoms with Crippen molar-refractivity contribution in [2.24, 2.45) is 0 Å². The van der Waals surface area contributed by atoms with Crippen LogP contribution in [0.2, 0.25) is 5.02 Å². The normalized spacial score (nSPS) is 14.6. The number of nitrogens with zero attached hydrogens (tertiary/aromatic N) is 1. The third-order valence-corrected chi connectivity index (χ3v) is 3.63. The summed E-state index contributed by atoms with van der Waals surface area (Å²) in [5.74, 6) is 0.618. The second-order valence-corrected chi connectivity index (χ2v) is 5.73. The summed E-state index contributed by atoms with van der Waals surface area (Å²) in [6, 6.07) is 5.92. The first-order valence-corrected chi connectivity index (χ1v) is 7.18. The second kappa shape index (κ2) is 5.53. The average molecular weight is 344 g/mol. The van der Waals surface area contributed by atoms with Gasteiger partial charge in [0.25, 0.3) is 0 Å². The molecule has 1 N–H and O–H groups in total. The van der Waals surface area contributed by atoms with Crippen LogP contribution in [0.15, 0.2) is 33.4 Å². The minimum Gasteiger partial charge on any atom is -0.417 e. The fraction of sp³-hybridized carbons (Fsp3) is 0.308. The van der Waals surface area contributed by atoms with Crippen molar-refractivity contribution in [3.8, 4) is 11.8 Å². The van der Waals surface area contributed by atoms with Crippen LogP contribution in [0.4, 0.5) is 0 Å². The Hall–Kier alpha value is -1.04. The number of hydrogen-bond acceptors (Lipinski definition) is 4. The minimum atomic E-state index is 0.232. The van der Waals surface area contributed by atoms with E-state index in [0.717, 1.165) is 10.2 Å². The summed E-state index contributed by atoms with van der Waals surface area (Å²) >= 11 is 9.25. The van der Waals surface area contributed by atoms with Gasteiger partial charge in [0.2, 0.25) is 0 Å². The van der Waals surface area contributed by atoms with Crippen LogP contribution in [-0.4, -0.2) is 11.0 Å². The molecule has 0 spiro atoms. The zero-order chi connectivity index (χ0) is 13.2. The molecule has 0 unspecified atom stereocenters. The maximum atomic E-state index is 5.87. The summed E-state index contributed by atoms with van der Waals surface area (Å²) in [5.41, 5.74) is 0.840. The highest BCUT2D eigenvalue weighted by Crippen LogP contribution is 2.31. The number of oxazole rings is 1. The predicted octanol–water partition coefficient (Wildman–Crippen LogP) is 4.13. The molecule has 4 nitrogen and oxygen atoms in total. The Kier molecular flexibility index (Phi) is 3.77. The Balaban J connectivity index is 1.65. The fourth-order valence-electron chi connectivity index (χ4n) is 1.60. The first-order valence-electron chi connectivity index (χ1n) is 6.01. The molecule has 1 fully saturated rings. The molecule has 1 aromatic carbocycles. The van der Waals surface area contributed by atoms with Crippen LogP contribution in [0.3, 0.4) is 0 Å². The van der Waals surface area contributed by atoms with Crippen molar-refractivity contribution < 1.29 is 9.15 Å². The molecule has 0 amide bonds. The number of halogens is 2. The maximum Gasteiger partial charge on any atom is 0.399 e. The summed E-state index contributed by atoms with van der Waals surface area (Å²) in [6.45, 7) is 0.708. The van der Waals surface area contributed by atoms with Gasteiger partial charge < -0.3 is 14.5 Å². The third-order valence-electron chi connectivity index (χ3n) is 2.77. The van der Waals surface area contributed by atoms with Crippen molar-refractivity contribution in [1.82, 2.24) is 10.3 Å². The molecule has 1 aromatic heterocycles. The number of ether oxygens (including phenoxy) is 1. The first kappa shape index (κ1) is 13.0. The molecule has 0 radical (unpaired) electrons. The lowest BCUT2D eigenvalue weighted by molar-refractivity contribution is 0.329. The summed E-state index contributed by atoms with van der Waals surface area (Å²) in [5, 5.41) is 4.00. The monoisotopic (exact) mass is 342 g/mol.